The van der Waals surface area contributed by atoms with Crippen LogP contribution in [0.15, 0.2) is 28.7 Å². The number of anilines is 1. The smallest absolute Gasteiger partial charge is 0.186 e. The minimum atomic E-state index is 1.11. The molecule has 1 aromatic carbocycles. The van der Waals surface area contributed by atoms with E-state index in [0.29, 0.717) is 0 Å². The van der Waals surface area contributed by atoms with E-state index in [1.807, 2.05) is 23.1 Å². The summed E-state index contributed by atoms with van der Waals surface area (Å²) < 4.78 is 1.11. The monoisotopic (exact) mass is 354 g/mol. The first-order valence-electron chi connectivity index (χ1n) is 6.30. The molecular formula is C14H15BrN2S2. The quantitative estimate of drug-likeness (QED) is 0.793. The molecule has 0 aliphatic carbocycles. The molecule has 1 aromatic heterocycles. The van der Waals surface area contributed by atoms with E-state index < -0.39 is 0 Å². The van der Waals surface area contributed by atoms with Crippen LogP contribution in [0.1, 0.15) is 4.88 Å². The Balaban J connectivity index is 1.90. The number of thiazole rings is 1. The van der Waals surface area contributed by atoms with Gasteiger partial charge in [-0.25, -0.2) is 4.98 Å². The lowest BCUT2D eigenvalue weighted by atomic mass is 10.1. The molecule has 0 N–H and O–H groups in total. The van der Waals surface area contributed by atoms with Crippen molar-refractivity contribution in [3.05, 3.63) is 33.6 Å². The molecule has 0 radical (unpaired) electrons. The Hall–Kier alpha value is -0.520. The lowest BCUT2D eigenvalue weighted by Gasteiger charge is -2.25. The highest BCUT2D eigenvalue weighted by Crippen LogP contribution is 2.33. The predicted molar refractivity (Wildman–Crippen MR) is 89.5 cm³/mol. The number of aromatic nitrogens is 1. The van der Waals surface area contributed by atoms with Gasteiger partial charge in [-0.1, -0.05) is 28.1 Å². The molecular weight excluding hydrogens is 340 g/mol. The lowest BCUT2D eigenvalue weighted by Crippen LogP contribution is -2.32. The van der Waals surface area contributed by atoms with Gasteiger partial charge in [0.2, 0.25) is 0 Å². The predicted octanol–water partition coefficient (Wildman–Crippen LogP) is 4.43. The van der Waals surface area contributed by atoms with Crippen LogP contribution < -0.4 is 4.90 Å². The molecule has 2 nitrogen and oxygen atoms in total. The van der Waals surface area contributed by atoms with Crippen molar-refractivity contribution >= 4 is 44.2 Å². The second-order valence-corrected chi connectivity index (χ2v) is 7.83. The van der Waals surface area contributed by atoms with Gasteiger partial charge in [-0.3, -0.25) is 0 Å². The van der Waals surface area contributed by atoms with Gasteiger partial charge in [0, 0.05) is 39.5 Å². The molecule has 100 valence electrons. The summed E-state index contributed by atoms with van der Waals surface area (Å²) in [6.07, 6.45) is 0. The summed E-state index contributed by atoms with van der Waals surface area (Å²) in [5.74, 6) is 2.43. The Labute approximate surface area is 130 Å². The van der Waals surface area contributed by atoms with Gasteiger partial charge in [-0.05, 0) is 19.1 Å². The molecule has 1 aliphatic heterocycles. The van der Waals surface area contributed by atoms with Gasteiger partial charge in [0.15, 0.2) is 5.13 Å². The fraction of sp³-hybridized carbons (Fsp3) is 0.357. The van der Waals surface area contributed by atoms with Crippen LogP contribution in [0.2, 0.25) is 0 Å². The molecule has 1 fully saturated rings. The van der Waals surface area contributed by atoms with Crippen LogP contribution >= 0.6 is 39.0 Å². The van der Waals surface area contributed by atoms with Crippen molar-refractivity contribution < 1.29 is 0 Å². The van der Waals surface area contributed by atoms with Crippen LogP contribution in [-0.2, 0) is 0 Å². The number of nitrogens with zero attached hydrogens (tertiary/aromatic N) is 2. The molecule has 3 rings (SSSR count). The number of hydrogen-bond donors (Lipinski definition) is 0. The summed E-state index contributed by atoms with van der Waals surface area (Å²) in [5, 5.41) is 1.18. The van der Waals surface area contributed by atoms with Gasteiger partial charge in [0.25, 0.3) is 0 Å². The van der Waals surface area contributed by atoms with E-state index in [-0.39, 0.29) is 0 Å². The van der Waals surface area contributed by atoms with E-state index >= 15 is 0 Å². The van der Waals surface area contributed by atoms with Crippen molar-refractivity contribution in [1.29, 1.82) is 0 Å². The molecule has 1 saturated heterocycles. The average molecular weight is 355 g/mol. The highest BCUT2D eigenvalue weighted by molar-refractivity contribution is 9.10. The normalized spacial score (nSPS) is 15.8. The van der Waals surface area contributed by atoms with Gasteiger partial charge in [-0.15, -0.1) is 11.3 Å². The maximum absolute atomic E-state index is 4.85. The molecule has 19 heavy (non-hydrogen) atoms. The van der Waals surface area contributed by atoms with Crippen LogP contribution in [0.3, 0.4) is 0 Å². The third-order valence-electron chi connectivity index (χ3n) is 3.18. The topological polar surface area (TPSA) is 16.1 Å². The molecule has 0 saturated carbocycles. The summed E-state index contributed by atoms with van der Waals surface area (Å²) in [6.45, 7) is 4.41. The second kappa shape index (κ2) is 5.85. The van der Waals surface area contributed by atoms with Crippen LogP contribution in [0.4, 0.5) is 5.13 Å². The molecule has 5 heteroatoms. The zero-order chi connectivity index (χ0) is 13.2. The summed E-state index contributed by atoms with van der Waals surface area (Å²) in [6, 6.07) is 8.40. The first kappa shape index (κ1) is 13.5. The molecule has 1 aliphatic rings. The van der Waals surface area contributed by atoms with Crippen LogP contribution in [0.5, 0.6) is 0 Å². The third kappa shape index (κ3) is 2.98. The van der Waals surface area contributed by atoms with E-state index in [2.05, 4.69) is 52.0 Å². The van der Waals surface area contributed by atoms with Crippen molar-refractivity contribution in [2.24, 2.45) is 0 Å². The first-order valence-corrected chi connectivity index (χ1v) is 9.06. The van der Waals surface area contributed by atoms with Gasteiger partial charge in [0.05, 0.1) is 5.69 Å². The van der Waals surface area contributed by atoms with E-state index in [9.17, 15) is 0 Å². The molecule has 2 heterocycles. The molecule has 0 unspecified atom stereocenters. The number of halogens is 1. The van der Waals surface area contributed by atoms with Gasteiger partial charge in [-0.2, -0.15) is 11.8 Å². The second-order valence-electron chi connectivity index (χ2n) is 4.51. The Morgan fingerprint density at radius 2 is 1.84 bits per heavy atom. The Kier molecular flexibility index (Phi) is 4.15. The van der Waals surface area contributed by atoms with Gasteiger partial charge < -0.3 is 4.90 Å². The van der Waals surface area contributed by atoms with Crippen LogP contribution in [-0.4, -0.2) is 29.6 Å². The molecule has 0 spiro atoms. The van der Waals surface area contributed by atoms with Crippen molar-refractivity contribution in [3.8, 4) is 11.3 Å². The zero-order valence-electron chi connectivity index (χ0n) is 10.7. The SMILES string of the molecule is Cc1sc(N2CCSCC2)nc1-c1ccc(Br)cc1. The van der Waals surface area contributed by atoms with Crippen molar-refractivity contribution in [1.82, 2.24) is 4.98 Å². The maximum atomic E-state index is 4.85. The fourth-order valence-electron chi connectivity index (χ4n) is 2.15. The zero-order valence-corrected chi connectivity index (χ0v) is 13.9. The van der Waals surface area contributed by atoms with E-state index in [0.717, 1.165) is 23.3 Å². The summed E-state index contributed by atoms with van der Waals surface area (Å²) in [5.41, 5.74) is 2.33. The van der Waals surface area contributed by atoms with Crippen LogP contribution in [0.25, 0.3) is 11.3 Å². The first-order chi connectivity index (χ1) is 9.24. The highest BCUT2D eigenvalue weighted by Gasteiger charge is 2.17. The van der Waals surface area contributed by atoms with Crippen LogP contribution in [0, 0.1) is 6.92 Å². The minimum Gasteiger partial charge on any atom is -0.346 e. The average Bonchev–Trinajstić information content (AvgIpc) is 2.83. The largest absolute Gasteiger partial charge is 0.346 e. The molecule has 0 atom stereocenters. The van der Waals surface area contributed by atoms with E-state index in [1.165, 1.54) is 27.1 Å². The summed E-state index contributed by atoms with van der Waals surface area (Å²) in [7, 11) is 0. The Morgan fingerprint density at radius 1 is 1.16 bits per heavy atom. The fourth-order valence-corrected chi connectivity index (χ4v) is 4.30. The van der Waals surface area contributed by atoms with Gasteiger partial charge in [0.1, 0.15) is 0 Å². The summed E-state index contributed by atoms with van der Waals surface area (Å²) >= 11 is 7.32. The van der Waals surface area contributed by atoms with Crippen molar-refractivity contribution in [2.75, 3.05) is 29.5 Å². The summed E-state index contributed by atoms with van der Waals surface area (Å²) in [4.78, 5) is 8.57. The van der Waals surface area contributed by atoms with Crippen molar-refractivity contribution in [3.63, 3.8) is 0 Å². The Bertz CT molecular complexity index is 559. The third-order valence-corrected chi connectivity index (χ3v) is 5.69. The number of hydrogen-bond acceptors (Lipinski definition) is 4. The standard InChI is InChI=1S/C14H15BrN2S2/c1-10-13(11-2-4-12(15)5-3-11)16-14(19-10)17-6-8-18-9-7-17/h2-5H,6-9H2,1H3. The number of aryl methyl sites for hydroxylation is 1. The van der Waals surface area contributed by atoms with E-state index in [4.69, 9.17) is 4.98 Å². The molecule has 2 aromatic rings. The molecule has 0 bridgehead atoms. The lowest BCUT2D eigenvalue weighted by molar-refractivity contribution is 0.853. The number of benzene rings is 1. The van der Waals surface area contributed by atoms with E-state index in [1.54, 1.807) is 0 Å². The van der Waals surface area contributed by atoms with Crippen molar-refractivity contribution in [2.45, 2.75) is 6.92 Å². The minimum absolute atomic E-state index is 1.11. The number of thioether (sulfide) groups is 1. The van der Waals surface area contributed by atoms with Gasteiger partial charge >= 0.3 is 0 Å². The highest BCUT2D eigenvalue weighted by atomic mass is 79.9. The number of rotatable bonds is 2. The maximum Gasteiger partial charge on any atom is 0.186 e. The Morgan fingerprint density at radius 3 is 2.53 bits per heavy atom. The molecule has 0 amide bonds.